The minimum Gasteiger partial charge on any atom is -0.366 e. The quantitative estimate of drug-likeness (QED) is 0.305. The molecule has 0 fully saturated rings. The molecule has 4 aromatic rings. The second-order valence-corrected chi connectivity index (χ2v) is 8.64. The Morgan fingerprint density at radius 2 is 1.90 bits per heavy atom. The van der Waals surface area contributed by atoms with Crippen LogP contribution in [0, 0.1) is 6.92 Å². The summed E-state index contributed by atoms with van der Waals surface area (Å²) in [5, 5.41) is 5.48. The summed E-state index contributed by atoms with van der Waals surface area (Å²) < 4.78 is 0. The van der Waals surface area contributed by atoms with Gasteiger partial charge in [0.1, 0.15) is 4.83 Å². The molecule has 7 nitrogen and oxygen atoms in total. The summed E-state index contributed by atoms with van der Waals surface area (Å²) in [6, 6.07) is 14.5. The number of aryl methyl sites for hydroxylation is 1. The summed E-state index contributed by atoms with van der Waals surface area (Å²) in [5.74, 6) is -0.951. The van der Waals surface area contributed by atoms with E-state index >= 15 is 0 Å². The number of H-pyrrole nitrogens is 1. The number of anilines is 1. The first-order valence-corrected chi connectivity index (χ1v) is 11.2. The van der Waals surface area contributed by atoms with Gasteiger partial charge < -0.3 is 16.0 Å². The molecule has 0 unspecified atom stereocenters. The zero-order chi connectivity index (χ0) is 22.0. The summed E-state index contributed by atoms with van der Waals surface area (Å²) in [7, 11) is 0. The van der Waals surface area contributed by atoms with Gasteiger partial charge in [-0.25, -0.2) is 4.98 Å². The van der Waals surface area contributed by atoms with Crippen molar-refractivity contribution in [2.24, 2.45) is 5.73 Å². The van der Waals surface area contributed by atoms with Crippen LogP contribution in [0.5, 0.6) is 0 Å². The Labute approximate surface area is 185 Å². The molecule has 0 radical (unpaired) electrons. The van der Waals surface area contributed by atoms with E-state index in [2.05, 4.69) is 15.3 Å². The highest BCUT2D eigenvalue weighted by molar-refractivity contribution is 7.99. The van der Waals surface area contributed by atoms with Crippen molar-refractivity contribution in [1.82, 2.24) is 9.97 Å². The number of aromatic amines is 1. The topological polar surface area (TPSA) is 118 Å². The van der Waals surface area contributed by atoms with E-state index in [0.717, 1.165) is 28.5 Å². The van der Waals surface area contributed by atoms with Crippen LogP contribution in [0.2, 0.25) is 0 Å². The molecule has 0 saturated heterocycles. The number of rotatable bonds is 6. The third-order valence-corrected chi connectivity index (χ3v) is 6.34. The van der Waals surface area contributed by atoms with Crippen LogP contribution in [0.3, 0.4) is 0 Å². The van der Waals surface area contributed by atoms with Gasteiger partial charge in [-0.3, -0.25) is 14.4 Å². The average molecular weight is 451 g/mol. The van der Waals surface area contributed by atoms with E-state index in [1.807, 2.05) is 36.6 Å². The van der Waals surface area contributed by atoms with Crippen LogP contribution in [0.4, 0.5) is 5.69 Å². The lowest BCUT2D eigenvalue weighted by molar-refractivity contribution is -0.113. The number of hydrogen-bond donors (Lipinski definition) is 3. The molecule has 0 aliphatic heterocycles. The Hall–Kier alpha value is -3.43. The number of nitrogens with two attached hydrogens (primary N) is 1. The number of hydrogen-bond acceptors (Lipinski definition) is 6. The average Bonchev–Trinajstić information content (AvgIpc) is 3.18. The number of fused-ring (bicyclic) bond motifs is 1. The van der Waals surface area contributed by atoms with E-state index < -0.39 is 5.91 Å². The first-order chi connectivity index (χ1) is 14.9. The van der Waals surface area contributed by atoms with E-state index in [1.165, 1.54) is 11.3 Å². The molecule has 0 atom stereocenters. The fourth-order valence-electron chi connectivity index (χ4n) is 3.07. The molecular formula is C22H18N4O3S2. The molecule has 2 amide bonds. The van der Waals surface area contributed by atoms with Gasteiger partial charge in [0.25, 0.3) is 11.5 Å². The van der Waals surface area contributed by atoms with Crippen LogP contribution >= 0.6 is 23.1 Å². The number of carbonyl (C=O) groups excluding carboxylic acids is 2. The van der Waals surface area contributed by atoms with Crippen molar-refractivity contribution in [2.75, 3.05) is 11.1 Å². The van der Waals surface area contributed by atoms with Crippen LogP contribution < -0.4 is 16.6 Å². The first kappa shape index (κ1) is 20.8. The van der Waals surface area contributed by atoms with Gasteiger partial charge in [0, 0.05) is 10.9 Å². The lowest BCUT2D eigenvalue weighted by Gasteiger charge is -2.08. The summed E-state index contributed by atoms with van der Waals surface area (Å²) in [6.07, 6.45) is 0. The van der Waals surface area contributed by atoms with Gasteiger partial charge >= 0.3 is 0 Å². The molecule has 156 valence electrons. The number of carbonyl (C=O) groups is 2. The molecule has 9 heteroatoms. The monoisotopic (exact) mass is 450 g/mol. The highest BCUT2D eigenvalue weighted by Gasteiger charge is 2.15. The third kappa shape index (κ3) is 4.52. The zero-order valence-corrected chi connectivity index (χ0v) is 18.1. The second kappa shape index (κ2) is 8.75. The van der Waals surface area contributed by atoms with Crippen molar-refractivity contribution >= 4 is 50.8 Å². The van der Waals surface area contributed by atoms with Gasteiger partial charge in [-0.05, 0) is 24.6 Å². The van der Waals surface area contributed by atoms with Crippen molar-refractivity contribution in [3.05, 3.63) is 75.4 Å². The number of primary amides is 1. The highest BCUT2D eigenvalue weighted by atomic mass is 32.2. The zero-order valence-electron chi connectivity index (χ0n) is 16.5. The van der Waals surface area contributed by atoms with Crippen LogP contribution in [0.25, 0.3) is 21.3 Å². The molecule has 31 heavy (non-hydrogen) atoms. The predicted octanol–water partition coefficient (Wildman–Crippen LogP) is 3.79. The van der Waals surface area contributed by atoms with Gasteiger partial charge in [-0.2, -0.15) is 0 Å². The molecule has 2 heterocycles. The van der Waals surface area contributed by atoms with Gasteiger partial charge in [0.15, 0.2) is 5.16 Å². The Kier molecular flexibility index (Phi) is 5.88. The SMILES string of the molecule is Cc1ccc(-c2csc3nc(SCC(=O)Nc4ccccc4C(N)=O)[nH]c(=O)c23)cc1. The smallest absolute Gasteiger partial charge is 0.260 e. The minimum absolute atomic E-state index is 0.0116. The summed E-state index contributed by atoms with van der Waals surface area (Å²) >= 11 is 2.50. The number of thioether (sulfide) groups is 1. The first-order valence-electron chi connectivity index (χ1n) is 9.32. The normalized spacial score (nSPS) is 10.9. The second-order valence-electron chi connectivity index (χ2n) is 6.81. The predicted molar refractivity (Wildman–Crippen MR) is 125 cm³/mol. The number of aromatic nitrogens is 2. The summed E-state index contributed by atoms with van der Waals surface area (Å²) in [5.41, 5.74) is 8.60. The lowest BCUT2D eigenvalue weighted by Crippen LogP contribution is -2.19. The third-order valence-electron chi connectivity index (χ3n) is 4.59. The maximum absolute atomic E-state index is 12.7. The van der Waals surface area contributed by atoms with E-state index in [1.54, 1.807) is 24.3 Å². The van der Waals surface area contributed by atoms with Gasteiger partial charge in [0.05, 0.1) is 22.4 Å². The molecule has 4 rings (SSSR count). The van der Waals surface area contributed by atoms with E-state index in [4.69, 9.17) is 5.73 Å². The molecule has 0 bridgehead atoms. The summed E-state index contributed by atoms with van der Waals surface area (Å²) in [6.45, 7) is 2.01. The number of para-hydroxylation sites is 1. The van der Waals surface area contributed by atoms with Crippen LogP contribution in [-0.4, -0.2) is 27.5 Å². The molecule has 0 saturated carbocycles. The van der Waals surface area contributed by atoms with Gasteiger partial charge in [0.2, 0.25) is 5.91 Å². The molecule has 0 spiro atoms. The number of thiophene rings is 1. The molecule has 2 aromatic carbocycles. The maximum Gasteiger partial charge on any atom is 0.260 e. The van der Waals surface area contributed by atoms with E-state index in [0.29, 0.717) is 21.1 Å². The molecular weight excluding hydrogens is 432 g/mol. The Bertz CT molecular complexity index is 1340. The number of amides is 2. The highest BCUT2D eigenvalue weighted by Crippen LogP contribution is 2.31. The maximum atomic E-state index is 12.7. The van der Waals surface area contributed by atoms with Crippen molar-refractivity contribution in [3.63, 3.8) is 0 Å². The van der Waals surface area contributed by atoms with Gasteiger partial charge in [-0.1, -0.05) is 53.7 Å². The van der Waals surface area contributed by atoms with Crippen molar-refractivity contribution in [3.8, 4) is 11.1 Å². The molecule has 0 aliphatic rings. The molecule has 4 N–H and O–H groups in total. The van der Waals surface area contributed by atoms with Crippen LogP contribution in [0.15, 0.2) is 63.9 Å². The van der Waals surface area contributed by atoms with Gasteiger partial charge in [-0.15, -0.1) is 11.3 Å². The fourth-order valence-corrected chi connectivity index (χ4v) is 4.74. The summed E-state index contributed by atoms with van der Waals surface area (Å²) in [4.78, 5) is 44.4. The Balaban J connectivity index is 1.51. The Morgan fingerprint density at radius 1 is 1.16 bits per heavy atom. The molecule has 0 aliphatic carbocycles. The van der Waals surface area contributed by atoms with Crippen molar-refractivity contribution < 1.29 is 9.59 Å². The number of nitrogens with one attached hydrogen (secondary N) is 2. The van der Waals surface area contributed by atoms with E-state index in [-0.39, 0.29) is 22.8 Å². The standard InChI is InChI=1S/C22H18N4O3S2/c1-12-6-8-13(9-7-12)15-10-30-21-18(15)20(29)25-22(26-21)31-11-17(27)24-16-5-3-2-4-14(16)19(23)28/h2-10H,11H2,1H3,(H2,23,28)(H,24,27)(H,25,26,29). The fraction of sp³-hybridized carbons (Fsp3) is 0.0909. The van der Waals surface area contributed by atoms with Crippen molar-refractivity contribution in [1.29, 1.82) is 0 Å². The van der Waals surface area contributed by atoms with Crippen LogP contribution in [0.1, 0.15) is 15.9 Å². The lowest BCUT2D eigenvalue weighted by atomic mass is 10.1. The van der Waals surface area contributed by atoms with Crippen molar-refractivity contribution in [2.45, 2.75) is 12.1 Å². The minimum atomic E-state index is -0.623. The van der Waals surface area contributed by atoms with E-state index in [9.17, 15) is 14.4 Å². The molecule has 2 aromatic heterocycles. The number of nitrogens with zero attached hydrogens (tertiary/aromatic N) is 1. The Morgan fingerprint density at radius 3 is 2.65 bits per heavy atom. The van der Waals surface area contributed by atoms with Crippen LogP contribution in [-0.2, 0) is 4.79 Å². The largest absolute Gasteiger partial charge is 0.366 e. The number of benzene rings is 2.